The number of hydrogen-bond acceptors (Lipinski definition) is 3. The van der Waals surface area contributed by atoms with Gasteiger partial charge in [0.1, 0.15) is 0 Å². The zero-order chi connectivity index (χ0) is 14.7. The van der Waals surface area contributed by atoms with E-state index in [2.05, 4.69) is 16.7 Å². The Labute approximate surface area is 131 Å². The van der Waals surface area contributed by atoms with Gasteiger partial charge in [0.2, 0.25) is 0 Å². The summed E-state index contributed by atoms with van der Waals surface area (Å²) in [6.07, 6.45) is 12.6. The molecule has 2 aliphatic carbocycles. The molecule has 1 heterocycles. The van der Waals surface area contributed by atoms with Crippen LogP contribution >= 0.6 is 0 Å². The van der Waals surface area contributed by atoms with Crippen LogP contribution in [0.15, 0.2) is 0 Å². The lowest BCUT2D eigenvalue weighted by Crippen LogP contribution is -2.60. The van der Waals surface area contributed by atoms with Crippen LogP contribution in [0.5, 0.6) is 0 Å². The van der Waals surface area contributed by atoms with Gasteiger partial charge in [-0.1, -0.05) is 32.6 Å². The molecule has 2 atom stereocenters. The third-order valence-electron chi connectivity index (χ3n) is 6.40. The number of nitrogens with two attached hydrogens (primary N) is 1. The van der Waals surface area contributed by atoms with Crippen molar-refractivity contribution < 1.29 is 0 Å². The van der Waals surface area contributed by atoms with E-state index in [0.717, 1.165) is 18.5 Å². The third kappa shape index (κ3) is 3.62. The van der Waals surface area contributed by atoms with E-state index < -0.39 is 0 Å². The van der Waals surface area contributed by atoms with Crippen molar-refractivity contribution in [1.82, 2.24) is 9.80 Å². The highest BCUT2D eigenvalue weighted by Gasteiger charge is 2.40. The number of rotatable bonds is 5. The fourth-order valence-electron chi connectivity index (χ4n) is 4.81. The van der Waals surface area contributed by atoms with Crippen LogP contribution in [0.4, 0.5) is 0 Å². The molecule has 1 saturated heterocycles. The molecule has 3 nitrogen and oxygen atoms in total. The van der Waals surface area contributed by atoms with Crippen LogP contribution in [-0.2, 0) is 0 Å². The predicted molar refractivity (Wildman–Crippen MR) is 89.4 cm³/mol. The fourth-order valence-corrected chi connectivity index (χ4v) is 4.81. The normalized spacial score (nSPS) is 36.6. The van der Waals surface area contributed by atoms with Crippen molar-refractivity contribution in [3.05, 3.63) is 0 Å². The van der Waals surface area contributed by atoms with Crippen molar-refractivity contribution in [2.75, 3.05) is 32.7 Å². The largest absolute Gasteiger partial charge is 0.329 e. The van der Waals surface area contributed by atoms with Crippen LogP contribution in [0.25, 0.3) is 0 Å². The highest BCUT2D eigenvalue weighted by atomic mass is 15.3. The minimum atomic E-state index is 0.331. The molecule has 0 radical (unpaired) electrons. The predicted octanol–water partition coefficient (Wildman–Crippen LogP) is 2.84. The summed E-state index contributed by atoms with van der Waals surface area (Å²) in [5, 5.41) is 0. The highest BCUT2D eigenvalue weighted by Crippen LogP contribution is 2.37. The minimum Gasteiger partial charge on any atom is -0.329 e. The molecule has 1 aliphatic heterocycles. The van der Waals surface area contributed by atoms with E-state index >= 15 is 0 Å². The quantitative estimate of drug-likeness (QED) is 0.791. The lowest BCUT2D eigenvalue weighted by Gasteiger charge is -2.47. The summed E-state index contributed by atoms with van der Waals surface area (Å²) in [4.78, 5) is 5.50. The molecule has 0 aromatic heterocycles. The number of piperazine rings is 1. The van der Waals surface area contributed by atoms with Gasteiger partial charge in [-0.25, -0.2) is 0 Å². The molecule has 0 spiro atoms. The zero-order valence-electron chi connectivity index (χ0n) is 14.0. The topological polar surface area (TPSA) is 32.5 Å². The zero-order valence-corrected chi connectivity index (χ0v) is 14.0. The Morgan fingerprint density at radius 2 is 1.76 bits per heavy atom. The maximum absolute atomic E-state index is 6.31. The van der Waals surface area contributed by atoms with Crippen molar-refractivity contribution in [1.29, 1.82) is 0 Å². The Hall–Kier alpha value is -0.120. The Kier molecular flexibility index (Phi) is 5.23. The van der Waals surface area contributed by atoms with Crippen LogP contribution in [0.2, 0.25) is 0 Å². The van der Waals surface area contributed by atoms with Crippen molar-refractivity contribution in [2.24, 2.45) is 11.7 Å². The van der Waals surface area contributed by atoms with E-state index in [1.807, 2.05) is 0 Å². The molecule has 3 heteroatoms. The van der Waals surface area contributed by atoms with Gasteiger partial charge in [-0.15, -0.1) is 0 Å². The van der Waals surface area contributed by atoms with Gasteiger partial charge in [0.05, 0.1) is 0 Å². The second-order valence-corrected chi connectivity index (χ2v) is 7.77. The molecular weight excluding hydrogens is 258 g/mol. The average Bonchev–Trinajstić information content (AvgIpc) is 3.36. The van der Waals surface area contributed by atoms with Crippen LogP contribution < -0.4 is 5.73 Å². The summed E-state index contributed by atoms with van der Waals surface area (Å²) in [5.74, 6) is 0.969. The van der Waals surface area contributed by atoms with Gasteiger partial charge in [0, 0.05) is 44.3 Å². The van der Waals surface area contributed by atoms with Crippen molar-refractivity contribution in [3.8, 4) is 0 Å². The van der Waals surface area contributed by atoms with Crippen LogP contribution in [0, 0.1) is 5.92 Å². The molecule has 2 unspecified atom stereocenters. The summed E-state index contributed by atoms with van der Waals surface area (Å²) < 4.78 is 0. The average molecular weight is 293 g/mol. The molecule has 3 rings (SSSR count). The van der Waals surface area contributed by atoms with Gasteiger partial charge in [0.15, 0.2) is 0 Å². The van der Waals surface area contributed by atoms with E-state index in [4.69, 9.17) is 5.73 Å². The van der Waals surface area contributed by atoms with Crippen molar-refractivity contribution >= 4 is 0 Å². The standard InChI is InChI=1S/C18H35N3/c1-2-4-16-5-3-9-18(15-19,10-8-16)21-13-11-20(12-14-21)17-6-7-17/h16-17H,2-15,19H2,1H3. The first-order valence-corrected chi connectivity index (χ1v) is 9.46. The Bertz CT molecular complexity index is 320. The molecule has 0 aromatic rings. The molecule has 122 valence electrons. The lowest BCUT2D eigenvalue weighted by atomic mass is 9.86. The molecule has 2 N–H and O–H groups in total. The first kappa shape index (κ1) is 15.8. The molecule has 3 aliphatic rings. The second-order valence-electron chi connectivity index (χ2n) is 7.77. The van der Waals surface area contributed by atoms with E-state index in [-0.39, 0.29) is 0 Å². The van der Waals surface area contributed by atoms with Gasteiger partial charge in [-0.05, 0) is 38.0 Å². The maximum Gasteiger partial charge on any atom is 0.0332 e. The summed E-state index contributed by atoms with van der Waals surface area (Å²) in [5.41, 5.74) is 6.64. The molecule has 21 heavy (non-hydrogen) atoms. The van der Waals surface area contributed by atoms with Crippen LogP contribution in [0.1, 0.15) is 64.7 Å². The van der Waals surface area contributed by atoms with E-state index in [0.29, 0.717) is 5.54 Å². The molecule has 3 fully saturated rings. The number of nitrogens with zero attached hydrogens (tertiary/aromatic N) is 2. The Balaban J connectivity index is 1.57. The molecule has 2 saturated carbocycles. The maximum atomic E-state index is 6.31. The summed E-state index contributed by atoms with van der Waals surface area (Å²) in [6.45, 7) is 8.28. The summed E-state index contributed by atoms with van der Waals surface area (Å²) in [6, 6.07) is 0.934. The van der Waals surface area contributed by atoms with Crippen molar-refractivity contribution in [2.45, 2.75) is 76.3 Å². The number of hydrogen-bond donors (Lipinski definition) is 1. The van der Waals surface area contributed by atoms with E-state index in [1.165, 1.54) is 84.0 Å². The van der Waals surface area contributed by atoms with Crippen LogP contribution in [-0.4, -0.2) is 54.1 Å². The first-order chi connectivity index (χ1) is 10.3. The SMILES string of the molecule is CCCC1CCCC(CN)(N2CCN(C3CC3)CC2)CC1. The van der Waals surface area contributed by atoms with Gasteiger partial charge in [0.25, 0.3) is 0 Å². The van der Waals surface area contributed by atoms with Gasteiger partial charge in [-0.3, -0.25) is 9.80 Å². The molecular formula is C18H35N3. The lowest BCUT2D eigenvalue weighted by molar-refractivity contribution is 0.0231. The fraction of sp³-hybridized carbons (Fsp3) is 1.00. The monoisotopic (exact) mass is 293 g/mol. The summed E-state index contributed by atoms with van der Waals surface area (Å²) >= 11 is 0. The summed E-state index contributed by atoms with van der Waals surface area (Å²) in [7, 11) is 0. The van der Waals surface area contributed by atoms with Gasteiger partial charge in [-0.2, -0.15) is 0 Å². The molecule has 0 aromatic carbocycles. The first-order valence-electron chi connectivity index (χ1n) is 9.46. The Morgan fingerprint density at radius 1 is 1.00 bits per heavy atom. The van der Waals surface area contributed by atoms with Crippen LogP contribution in [0.3, 0.4) is 0 Å². The molecule has 0 amide bonds. The third-order valence-corrected chi connectivity index (χ3v) is 6.40. The second kappa shape index (κ2) is 6.97. The minimum absolute atomic E-state index is 0.331. The van der Waals surface area contributed by atoms with E-state index in [9.17, 15) is 0 Å². The highest BCUT2D eigenvalue weighted by molar-refractivity contribution is 4.97. The van der Waals surface area contributed by atoms with Crippen molar-refractivity contribution in [3.63, 3.8) is 0 Å². The molecule has 0 bridgehead atoms. The van der Waals surface area contributed by atoms with Gasteiger partial charge >= 0.3 is 0 Å². The van der Waals surface area contributed by atoms with E-state index in [1.54, 1.807) is 0 Å². The van der Waals surface area contributed by atoms with Gasteiger partial charge < -0.3 is 5.73 Å². The smallest absolute Gasteiger partial charge is 0.0332 e. The Morgan fingerprint density at radius 3 is 2.38 bits per heavy atom.